The fraction of sp³-hybridized carbons (Fsp3) is 0.857. The lowest BCUT2D eigenvalue weighted by molar-refractivity contribution is 0.157. The molecule has 5 nitrogen and oxygen atoms in total. The molecule has 19 heavy (non-hydrogen) atoms. The molecule has 1 aliphatic heterocycles. The Morgan fingerprint density at radius 2 is 2.37 bits per heavy atom. The first kappa shape index (κ1) is 14.5. The van der Waals surface area contributed by atoms with Crippen molar-refractivity contribution in [2.75, 3.05) is 26.2 Å². The number of likely N-dealkylation sites (tertiary alicyclic amines) is 1. The number of piperidine rings is 1. The van der Waals surface area contributed by atoms with Crippen LogP contribution in [0.25, 0.3) is 0 Å². The van der Waals surface area contributed by atoms with E-state index < -0.39 is 0 Å². The third-order valence-corrected chi connectivity index (χ3v) is 4.32. The Morgan fingerprint density at radius 1 is 1.53 bits per heavy atom. The first-order chi connectivity index (χ1) is 9.20. The smallest absolute Gasteiger partial charge is 0.133 e. The number of hydrogen-bond acceptors (Lipinski definition) is 4. The molecule has 108 valence electrons. The molecule has 2 unspecified atom stereocenters. The average Bonchev–Trinajstić information content (AvgIpc) is 2.84. The van der Waals surface area contributed by atoms with E-state index in [-0.39, 0.29) is 0 Å². The normalized spacial score (nSPS) is 22.6. The number of aromatic nitrogens is 3. The lowest BCUT2D eigenvalue weighted by atomic mass is 9.91. The van der Waals surface area contributed by atoms with E-state index in [1.165, 1.54) is 32.5 Å². The molecule has 0 aromatic carbocycles. The molecule has 1 aromatic rings. The molecule has 0 spiro atoms. The van der Waals surface area contributed by atoms with Gasteiger partial charge >= 0.3 is 0 Å². The number of hydrogen-bond donors (Lipinski definition) is 1. The van der Waals surface area contributed by atoms with E-state index in [4.69, 9.17) is 0 Å². The molecule has 2 heterocycles. The Bertz CT molecular complexity index is 376. The van der Waals surface area contributed by atoms with Gasteiger partial charge in [0.25, 0.3) is 0 Å². The maximum atomic E-state index is 4.12. The highest BCUT2D eigenvalue weighted by molar-refractivity contribution is 4.86. The summed E-state index contributed by atoms with van der Waals surface area (Å²) in [6.07, 6.45) is 5.41. The molecule has 1 fully saturated rings. The van der Waals surface area contributed by atoms with Crippen LogP contribution < -0.4 is 5.32 Å². The zero-order chi connectivity index (χ0) is 13.7. The van der Waals surface area contributed by atoms with E-state index in [0.717, 1.165) is 24.7 Å². The van der Waals surface area contributed by atoms with E-state index in [1.807, 2.05) is 11.6 Å². The Balaban J connectivity index is 1.72. The van der Waals surface area contributed by atoms with Gasteiger partial charge in [-0.3, -0.25) is 0 Å². The number of aryl methyl sites for hydroxylation is 1. The van der Waals surface area contributed by atoms with Gasteiger partial charge in [-0.2, -0.15) is 0 Å². The molecular formula is C14H27N5. The maximum Gasteiger partial charge on any atom is 0.133 e. The molecule has 1 aromatic heterocycles. The van der Waals surface area contributed by atoms with Crippen molar-refractivity contribution in [2.24, 2.45) is 13.0 Å². The van der Waals surface area contributed by atoms with Crippen LogP contribution in [0.5, 0.6) is 0 Å². The molecule has 2 rings (SSSR count). The van der Waals surface area contributed by atoms with Gasteiger partial charge in [-0.25, -0.2) is 0 Å². The fourth-order valence-corrected chi connectivity index (χ4v) is 2.90. The zero-order valence-corrected chi connectivity index (χ0v) is 12.5. The van der Waals surface area contributed by atoms with Crippen LogP contribution in [0, 0.1) is 5.92 Å². The Labute approximate surface area is 116 Å². The van der Waals surface area contributed by atoms with Gasteiger partial charge in [0.2, 0.25) is 0 Å². The first-order valence-electron chi connectivity index (χ1n) is 7.49. The van der Waals surface area contributed by atoms with Crippen LogP contribution in [0.4, 0.5) is 0 Å². The van der Waals surface area contributed by atoms with Crippen molar-refractivity contribution in [1.82, 2.24) is 25.0 Å². The maximum absolute atomic E-state index is 4.12. The Morgan fingerprint density at radius 3 is 3.05 bits per heavy atom. The third-order valence-electron chi connectivity index (χ3n) is 4.32. The van der Waals surface area contributed by atoms with Gasteiger partial charge < -0.3 is 14.8 Å². The highest BCUT2D eigenvalue weighted by atomic mass is 15.2. The van der Waals surface area contributed by atoms with E-state index in [9.17, 15) is 0 Å². The van der Waals surface area contributed by atoms with Crippen molar-refractivity contribution < 1.29 is 0 Å². The van der Waals surface area contributed by atoms with Gasteiger partial charge in [-0.1, -0.05) is 6.92 Å². The monoisotopic (exact) mass is 265 g/mol. The van der Waals surface area contributed by atoms with Gasteiger partial charge in [0.1, 0.15) is 12.2 Å². The second kappa shape index (κ2) is 7.01. The molecule has 5 heteroatoms. The molecule has 0 radical (unpaired) electrons. The van der Waals surface area contributed by atoms with Crippen LogP contribution in [0.15, 0.2) is 6.33 Å². The predicted molar refractivity (Wildman–Crippen MR) is 77.0 cm³/mol. The molecule has 0 amide bonds. The van der Waals surface area contributed by atoms with Gasteiger partial charge in [-0.15, -0.1) is 10.2 Å². The summed E-state index contributed by atoms with van der Waals surface area (Å²) in [7, 11) is 2.00. The van der Waals surface area contributed by atoms with Gasteiger partial charge in [-0.05, 0) is 38.8 Å². The highest BCUT2D eigenvalue weighted by Crippen LogP contribution is 2.19. The van der Waals surface area contributed by atoms with Crippen molar-refractivity contribution >= 4 is 0 Å². The van der Waals surface area contributed by atoms with Gasteiger partial charge in [0.15, 0.2) is 0 Å². The minimum absolute atomic E-state index is 0.586. The molecule has 1 saturated heterocycles. The quantitative estimate of drug-likeness (QED) is 0.836. The van der Waals surface area contributed by atoms with E-state index in [0.29, 0.717) is 6.04 Å². The van der Waals surface area contributed by atoms with Crippen LogP contribution in [0.1, 0.15) is 32.5 Å². The van der Waals surface area contributed by atoms with Crippen molar-refractivity contribution in [3.63, 3.8) is 0 Å². The third kappa shape index (κ3) is 4.01. The van der Waals surface area contributed by atoms with Gasteiger partial charge in [0, 0.05) is 32.6 Å². The average molecular weight is 265 g/mol. The fourth-order valence-electron chi connectivity index (χ4n) is 2.90. The largest absolute Gasteiger partial charge is 0.321 e. The Hall–Kier alpha value is -0.940. The summed E-state index contributed by atoms with van der Waals surface area (Å²) in [6, 6.07) is 0.586. The summed E-state index contributed by atoms with van der Waals surface area (Å²) in [5.41, 5.74) is 0. The van der Waals surface area contributed by atoms with Crippen molar-refractivity contribution in [1.29, 1.82) is 0 Å². The van der Waals surface area contributed by atoms with E-state index >= 15 is 0 Å². The number of nitrogens with zero attached hydrogens (tertiary/aromatic N) is 4. The van der Waals surface area contributed by atoms with Crippen LogP contribution >= 0.6 is 0 Å². The SMILES string of the molecule is CCN1CCCC(C(C)NCCc2nncn2C)C1. The standard InChI is InChI=1S/C14H27N5/c1-4-19-9-5-6-13(10-19)12(2)15-8-7-14-17-16-11-18(14)3/h11-13,15H,4-10H2,1-3H3. The van der Waals surface area contributed by atoms with E-state index in [1.54, 1.807) is 6.33 Å². The lowest BCUT2D eigenvalue weighted by Crippen LogP contribution is -2.44. The van der Waals surface area contributed by atoms with Crippen LogP contribution in [-0.2, 0) is 13.5 Å². The molecule has 1 N–H and O–H groups in total. The topological polar surface area (TPSA) is 46.0 Å². The van der Waals surface area contributed by atoms with Crippen molar-refractivity contribution in [2.45, 2.75) is 39.2 Å². The number of nitrogens with one attached hydrogen (secondary N) is 1. The molecule has 2 atom stereocenters. The van der Waals surface area contributed by atoms with E-state index in [2.05, 4.69) is 34.3 Å². The minimum atomic E-state index is 0.586. The van der Waals surface area contributed by atoms with Crippen LogP contribution in [-0.4, -0.2) is 51.9 Å². The second-order valence-electron chi connectivity index (χ2n) is 5.65. The molecule has 0 aliphatic carbocycles. The minimum Gasteiger partial charge on any atom is -0.321 e. The van der Waals surface area contributed by atoms with Crippen LogP contribution in [0.2, 0.25) is 0 Å². The highest BCUT2D eigenvalue weighted by Gasteiger charge is 2.23. The summed E-state index contributed by atoms with van der Waals surface area (Å²) in [5.74, 6) is 1.84. The first-order valence-corrected chi connectivity index (χ1v) is 7.49. The van der Waals surface area contributed by atoms with Crippen molar-refractivity contribution in [3.05, 3.63) is 12.2 Å². The molecule has 1 aliphatic rings. The van der Waals surface area contributed by atoms with Crippen molar-refractivity contribution in [3.8, 4) is 0 Å². The van der Waals surface area contributed by atoms with Crippen LogP contribution in [0.3, 0.4) is 0 Å². The molecule has 0 saturated carbocycles. The summed E-state index contributed by atoms with van der Waals surface area (Å²) in [4.78, 5) is 2.56. The summed E-state index contributed by atoms with van der Waals surface area (Å²) in [5, 5.41) is 11.7. The summed E-state index contributed by atoms with van der Waals surface area (Å²) >= 11 is 0. The predicted octanol–water partition coefficient (Wildman–Crippen LogP) is 1.07. The lowest BCUT2D eigenvalue weighted by Gasteiger charge is -2.35. The Kier molecular flexibility index (Phi) is 5.34. The molecular weight excluding hydrogens is 238 g/mol. The second-order valence-corrected chi connectivity index (χ2v) is 5.65. The number of rotatable bonds is 6. The summed E-state index contributed by atoms with van der Waals surface area (Å²) < 4.78 is 1.99. The van der Waals surface area contributed by atoms with Gasteiger partial charge in [0.05, 0.1) is 0 Å². The zero-order valence-electron chi connectivity index (χ0n) is 12.5. The molecule has 0 bridgehead atoms. The summed E-state index contributed by atoms with van der Waals surface area (Å²) in [6.45, 7) is 9.26.